The topological polar surface area (TPSA) is 62.3 Å². The normalized spacial score (nSPS) is 21.9. The van der Waals surface area contributed by atoms with E-state index in [0.29, 0.717) is 25.8 Å². The van der Waals surface area contributed by atoms with E-state index in [9.17, 15) is 9.59 Å². The van der Waals surface area contributed by atoms with Crippen LogP contribution in [0.5, 0.6) is 0 Å². The fourth-order valence-corrected chi connectivity index (χ4v) is 2.87. The molecule has 1 aliphatic heterocycles. The van der Waals surface area contributed by atoms with Crippen LogP contribution < -0.4 is 5.32 Å². The molecule has 114 valence electrons. The second-order valence-corrected chi connectivity index (χ2v) is 5.68. The van der Waals surface area contributed by atoms with Crippen LogP contribution in [-0.4, -0.2) is 33.3 Å². The molecule has 1 unspecified atom stereocenters. The summed E-state index contributed by atoms with van der Waals surface area (Å²) in [7, 11) is 0. The van der Waals surface area contributed by atoms with Crippen LogP contribution in [-0.2, 0) is 16.1 Å². The predicted molar refractivity (Wildman–Crippen MR) is 80.3 cm³/mol. The van der Waals surface area contributed by atoms with Crippen molar-refractivity contribution in [3.8, 4) is 0 Å². The number of carbonyl (C=O) groups is 2. The summed E-state index contributed by atoms with van der Waals surface area (Å²) < 4.78 is 0. The summed E-state index contributed by atoms with van der Waals surface area (Å²) in [5, 5.41) is 2.94. The Kier molecular flexibility index (Phi) is 4.60. The van der Waals surface area contributed by atoms with Crippen molar-refractivity contribution in [3.63, 3.8) is 0 Å². The Morgan fingerprint density at radius 1 is 1.38 bits per heavy atom. The fourth-order valence-electron chi connectivity index (χ4n) is 2.87. The van der Waals surface area contributed by atoms with E-state index in [1.54, 1.807) is 12.4 Å². The van der Waals surface area contributed by atoms with Crippen LogP contribution in [0.25, 0.3) is 0 Å². The van der Waals surface area contributed by atoms with Crippen molar-refractivity contribution in [2.75, 3.05) is 0 Å². The molecule has 0 saturated carbocycles. The average Bonchev–Trinajstić information content (AvgIpc) is 2.58. The lowest BCUT2D eigenvalue weighted by atomic mass is 9.91. The SMILES string of the molecule is CCC1(CC)NC(=O)CC(C)N(Cc2cccnc2)C1=O. The zero-order valence-corrected chi connectivity index (χ0v) is 12.9. The molecule has 1 aromatic heterocycles. The smallest absolute Gasteiger partial charge is 0.248 e. The van der Waals surface area contributed by atoms with Crippen LogP contribution >= 0.6 is 0 Å². The lowest BCUT2D eigenvalue weighted by molar-refractivity contribution is -0.141. The Bertz CT molecular complexity index is 512. The van der Waals surface area contributed by atoms with E-state index >= 15 is 0 Å². The number of aromatic nitrogens is 1. The Hall–Kier alpha value is -1.91. The number of nitrogens with zero attached hydrogens (tertiary/aromatic N) is 2. The van der Waals surface area contributed by atoms with Gasteiger partial charge in [-0.15, -0.1) is 0 Å². The van der Waals surface area contributed by atoms with Crippen molar-refractivity contribution < 1.29 is 9.59 Å². The molecule has 5 heteroatoms. The maximum atomic E-state index is 13.0. The number of rotatable bonds is 4. The van der Waals surface area contributed by atoms with Crippen LogP contribution in [0.4, 0.5) is 0 Å². The molecule has 1 atom stereocenters. The minimum atomic E-state index is -0.774. The molecule has 2 rings (SSSR count). The number of amides is 2. The molecule has 1 aromatic rings. The fraction of sp³-hybridized carbons (Fsp3) is 0.562. The van der Waals surface area contributed by atoms with Crippen LogP contribution in [0.2, 0.25) is 0 Å². The van der Waals surface area contributed by atoms with Crippen molar-refractivity contribution in [1.29, 1.82) is 0 Å². The van der Waals surface area contributed by atoms with Gasteiger partial charge in [0.25, 0.3) is 0 Å². The summed E-state index contributed by atoms with van der Waals surface area (Å²) >= 11 is 0. The molecule has 5 nitrogen and oxygen atoms in total. The van der Waals surface area contributed by atoms with E-state index < -0.39 is 5.54 Å². The molecule has 0 aliphatic carbocycles. The highest BCUT2D eigenvalue weighted by Crippen LogP contribution is 2.25. The van der Waals surface area contributed by atoms with Gasteiger partial charge in [-0.1, -0.05) is 19.9 Å². The Labute approximate surface area is 125 Å². The Morgan fingerprint density at radius 3 is 2.67 bits per heavy atom. The van der Waals surface area contributed by atoms with Gasteiger partial charge in [0.2, 0.25) is 11.8 Å². The summed E-state index contributed by atoms with van der Waals surface area (Å²) in [4.78, 5) is 31.0. The maximum Gasteiger partial charge on any atom is 0.248 e. The highest BCUT2D eigenvalue weighted by atomic mass is 16.2. The second-order valence-electron chi connectivity index (χ2n) is 5.68. The third-order valence-corrected chi connectivity index (χ3v) is 4.34. The number of carbonyl (C=O) groups excluding carboxylic acids is 2. The quantitative estimate of drug-likeness (QED) is 0.920. The standard InChI is InChI=1S/C16H23N3O2/c1-4-16(5-2)15(21)19(12(3)9-14(20)18-16)11-13-7-6-8-17-10-13/h6-8,10,12H,4-5,9,11H2,1-3H3,(H,18,20). The molecule has 1 N–H and O–H groups in total. The van der Waals surface area contributed by atoms with Gasteiger partial charge in [0, 0.05) is 31.4 Å². The zero-order chi connectivity index (χ0) is 15.5. The monoisotopic (exact) mass is 289 g/mol. The molecule has 1 aliphatic rings. The molecule has 1 fully saturated rings. The third-order valence-electron chi connectivity index (χ3n) is 4.34. The number of hydrogen-bond acceptors (Lipinski definition) is 3. The molecule has 2 heterocycles. The van der Waals surface area contributed by atoms with E-state index in [2.05, 4.69) is 10.3 Å². The number of hydrogen-bond donors (Lipinski definition) is 1. The Morgan fingerprint density at radius 2 is 2.10 bits per heavy atom. The van der Waals surface area contributed by atoms with Gasteiger partial charge in [-0.3, -0.25) is 14.6 Å². The van der Waals surface area contributed by atoms with Crippen molar-refractivity contribution in [2.45, 2.75) is 58.2 Å². The predicted octanol–water partition coefficient (Wildman–Crippen LogP) is 1.88. The molecular formula is C16H23N3O2. The van der Waals surface area contributed by atoms with Gasteiger partial charge in [-0.05, 0) is 31.4 Å². The van der Waals surface area contributed by atoms with Gasteiger partial charge in [-0.2, -0.15) is 0 Å². The highest BCUT2D eigenvalue weighted by molar-refractivity contribution is 5.93. The first-order valence-corrected chi connectivity index (χ1v) is 7.53. The molecule has 1 saturated heterocycles. The summed E-state index contributed by atoms with van der Waals surface area (Å²) in [6.45, 7) is 6.31. The molecule has 0 bridgehead atoms. The van der Waals surface area contributed by atoms with Crippen LogP contribution in [0.15, 0.2) is 24.5 Å². The van der Waals surface area contributed by atoms with Gasteiger partial charge in [0.15, 0.2) is 0 Å². The highest BCUT2D eigenvalue weighted by Gasteiger charge is 2.43. The van der Waals surface area contributed by atoms with Gasteiger partial charge in [-0.25, -0.2) is 0 Å². The van der Waals surface area contributed by atoms with Crippen molar-refractivity contribution in [3.05, 3.63) is 30.1 Å². The van der Waals surface area contributed by atoms with E-state index in [4.69, 9.17) is 0 Å². The zero-order valence-electron chi connectivity index (χ0n) is 12.9. The van der Waals surface area contributed by atoms with E-state index in [1.807, 2.05) is 37.8 Å². The molecule has 0 radical (unpaired) electrons. The molecule has 0 aromatic carbocycles. The second kappa shape index (κ2) is 6.24. The summed E-state index contributed by atoms with van der Waals surface area (Å²) in [6, 6.07) is 3.70. The van der Waals surface area contributed by atoms with Gasteiger partial charge in [0.1, 0.15) is 5.54 Å². The van der Waals surface area contributed by atoms with E-state index in [0.717, 1.165) is 5.56 Å². The van der Waals surface area contributed by atoms with Gasteiger partial charge < -0.3 is 10.2 Å². The lowest BCUT2D eigenvalue weighted by Gasteiger charge is -2.35. The first-order valence-electron chi connectivity index (χ1n) is 7.53. The minimum absolute atomic E-state index is 0.00898. The first kappa shape index (κ1) is 15.5. The molecular weight excluding hydrogens is 266 g/mol. The number of pyridine rings is 1. The van der Waals surface area contributed by atoms with Crippen molar-refractivity contribution in [1.82, 2.24) is 15.2 Å². The summed E-state index contributed by atoms with van der Waals surface area (Å²) in [5.41, 5.74) is 0.206. The first-order chi connectivity index (χ1) is 10.0. The van der Waals surface area contributed by atoms with Crippen LogP contribution in [0.1, 0.15) is 45.6 Å². The van der Waals surface area contributed by atoms with Crippen LogP contribution in [0.3, 0.4) is 0 Å². The van der Waals surface area contributed by atoms with Gasteiger partial charge in [0.05, 0.1) is 0 Å². The molecule has 0 spiro atoms. The van der Waals surface area contributed by atoms with Crippen molar-refractivity contribution >= 4 is 11.8 Å². The molecule has 2 amide bonds. The average molecular weight is 289 g/mol. The molecule has 21 heavy (non-hydrogen) atoms. The van der Waals surface area contributed by atoms with Crippen molar-refractivity contribution in [2.24, 2.45) is 0 Å². The summed E-state index contributed by atoms with van der Waals surface area (Å²) in [6.07, 6.45) is 5.02. The number of nitrogens with one attached hydrogen (secondary N) is 1. The van der Waals surface area contributed by atoms with Gasteiger partial charge >= 0.3 is 0 Å². The maximum absolute atomic E-state index is 13.0. The minimum Gasteiger partial charge on any atom is -0.342 e. The van der Waals surface area contributed by atoms with E-state index in [1.165, 1.54) is 0 Å². The Balaban J connectivity index is 2.32. The van der Waals surface area contributed by atoms with E-state index in [-0.39, 0.29) is 17.9 Å². The summed E-state index contributed by atoms with van der Waals surface area (Å²) in [5.74, 6) is -0.0389. The third kappa shape index (κ3) is 3.06. The lowest BCUT2D eigenvalue weighted by Crippen LogP contribution is -2.56. The van der Waals surface area contributed by atoms with Crippen LogP contribution in [0, 0.1) is 0 Å². The largest absolute Gasteiger partial charge is 0.342 e.